The molecule has 0 amide bonds. The second kappa shape index (κ2) is 4.44. The third-order valence-electron chi connectivity index (χ3n) is 2.86. The molecule has 82 valence electrons. The third-order valence-corrected chi connectivity index (χ3v) is 2.86. The molecular weight excluding hydrogens is 194 g/mol. The molecule has 1 aromatic heterocycles. The standard InChI is InChI=1S/C10H15N3O2/c14-9-8(6-12-10(15)13-9)5-7-1-3-11-4-2-7/h6-7,11H,1-5H2,(H2,12,13,14,15). The first-order chi connectivity index (χ1) is 7.25. The van der Waals surface area contributed by atoms with E-state index in [-0.39, 0.29) is 5.56 Å². The maximum atomic E-state index is 11.4. The highest BCUT2D eigenvalue weighted by atomic mass is 16.2. The molecule has 1 saturated heterocycles. The molecule has 15 heavy (non-hydrogen) atoms. The Morgan fingerprint density at radius 1 is 1.27 bits per heavy atom. The summed E-state index contributed by atoms with van der Waals surface area (Å²) in [6.07, 6.45) is 4.48. The number of rotatable bonds is 2. The number of hydrogen-bond acceptors (Lipinski definition) is 3. The van der Waals surface area contributed by atoms with Crippen LogP contribution in [0.3, 0.4) is 0 Å². The van der Waals surface area contributed by atoms with E-state index in [0.29, 0.717) is 11.5 Å². The SMILES string of the molecule is O=c1[nH]cc(CC2CCNCC2)c(=O)[nH]1. The van der Waals surface area contributed by atoms with Crippen LogP contribution in [0, 0.1) is 5.92 Å². The molecule has 0 bridgehead atoms. The third kappa shape index (κ3) is 2.56. The van der Waals surface area contributed by atoms with Crippen molar-refractivity contribution in [1.29, 1.82) is 0 Å². The lowest BCUT2D eigenvalue weighted by atomic mass is 9.92. The smallest absolute Gasteiger partial charge is 0.317 e. The summed E-state index contributed by atoms with van der Waals surface area (Å²) in [5, 5.41) is 3.28. The van der Waals surface area contributed by atoms with Gasteiger partial charge in [0.1, 0.15) is 0 Å². The lowest BCUT2D eigenvalue weighted by Crippen LogP contribution is -2.31. The van der Waals surface area contributed by atoms with Gasteiger partial charge in [0.25, 0.3) is 5.56 Å². The molecule has 1 aliphatic rings. The molecule has 1 fully saturated rings. The molecule has 0 unspecified atom stereocenters. The van der Waals surface area contributed by atoms with Gasteiger partial charge in [-0.05, 0) is 38.3 Å². The normalized spacial score (nSPS) is 17.9. The largest absolute Gasteiger partial charge is 0.325 e. The molecule has 1 aromatic rings. The number of nitrogens with one attached hydrogen (secondary N) is 3. The number of piperidine rings is 1. The Bertz CT molecular complexity index is 429. The van der Waals surface area contributed by atoms with E-state index in [2.05, 4.69) is 15.3 Å². The molecule has 2 heterocycles. The molecule has 0 saturated carbocycles. The van der Waals surface area contributed by atoms with Crippen LogP contribution in [0.2, 0.25) is 0 Å². The van der Waals surface area contributed by atoms with Gasteiger partial charge in [-0.15, -0.1) is 0 Å². The minimum absolute atomic E-state index is 0.253. The van der Waals surface area contributed by atoms with E-state index in [0.717, 1.165) is 32.4 Å². The van der Waals surface area contributed by atoms with Crippen LogP contribution >= 0.6 is 0 Å². The predicted octanol–water partition coefficient (Wildman–Crippen LogP) is -0.395. The summed E-state index contributed by atoms with van der Waals surface area (Å²) < 4.78 is 0. The highest BCUT2D eigenvalue weighted by molar-refractivity contribution is 5.04. The first kappa shape index (κ1) is 10.2. The Morgan fingerprint density at radius 3 is 2.67 bits per heavy atom. The summed E-state index contributed by atoms with van der Waals surface area (Å²) in [6.45, 7) is 2.04. The molecule has 5 heteroatoms. The van der Waals surface area contributed by atoms with E-state index in [4.69, 9.17) is 0 Å². The van der Waals surface area contributed by atoms with Crippen molar-refractivity contribution in [2.75, 3.05) is 13.1 Å². The Hall–Kier alpha value is -1.36. The van der Waals surface area contributed by atoms with E-state index in [1.165, 1.54) is 6.20 Å². The maximum Gasteiger partial charge on any atom is 0.325 e. The lowest BCUT2D eigenvalue weighted by Gasteiger charge is -2.21. The van der Waals surface area contributed by atoms with Gasteiger partial charge in [0, 0.05) is 11.8 Å². The molecule has 0 aromatic carbocycles. The van der Waals surface area contributed by atoms with Gasteiger partial charge in [-0.25, -0.2) is 4.79 Å². The number of aromatic amines is 2. The molecule has 0 spiro atoms. The molecule has 0 radical (unpaired) electrons. The second-order valence-corrected chi connectivity index (χ2v) is 3.99. The first-order valence-corrected chi connectivity index (χ1v) is 5.27. The van der Waals surface area contributed by atoms with Crippen LogP contribution in [-0.4, -0.2) is 23.1 Å². The lowest BCUT2D eigenvalue weighted by molar-refractivity contribution is 0.371. The van der Waals surface area contributed by atoms with E-state index >= 15 is 0 Å². The van der Waals surface area contributed by atoms with Crippen LogP contribution in [0.5, 0.6) is 0 Å². The van der Waals surface area contributed by atoms with Crippen molar-refractivity contribution in [3.63, 3.8) is 0 Å². The van der Waals surface area contributed by atoms with Crippen LogP contribution in [0.15, 0.2) is 15.8 Å². The van der Waals surface area contributed by atoms with Crippen molar-refractivity contribution in [2.24, 2.45) is 5.92 Å². The van der Waals surface area contributed by atoms with Crippen molar-refractivity contribution in [3.05, 3.63) is 32.6 Å². The highest BCUT2D eigenvalue weighted by Crippen LogP contribution is 2.15. The predicted molar refractivity (Wildman–Crippen MR) is 57.0 cm³/mol. The second-order valence-electron chi connectivity index (χ2n) is 3.99. The van der Waals surface area contributed by atoms with Crippen molar-refractivity contribution >= 4 is 0 Å². The van der Waals surface area contributed by atoms with Crippen LogP contribution in [0.25, 0.3) is 0 Å². The van der Waals surface area contributed by atoms with Gasteiger partial charge < -0.3 is 10.3 Å². The van der Waals surface area contributed by atoms with Crippen molar-refractivity contribution < 1.29 is 0 Å². The Morgan fingerprint density at radius 2 is 2.00 bits per heavy atom. The van der Waals surface area contributed by atoms with Crippen molar-refractivity contribution in [3.8, 4) is 0 Å². The number of aromatic nitrogens is 2. The molecule has 2 rings (SSSR count). The molecule has 0 atom stereocenters. The van der Waals surface area contributed by atoms with Gasteiger partial charge in [0.05, 0.1) is 0 Å². The molecule has 1 aliphatic heterocycles. The summed E-state index contributed by atoms with van der Waals surface area (Å²) >= 11 is 0. The van der Waals surface area contributed by atoms with E-state index in [1.807, 2.05) is 0 Å². The van der Waals surface area contributed by atoms with Gasteiger partial charge in [0.15, 0.2) is 0 Å². The van der Waals surface area contributed by atoms with Gasteiger partial charge >= 0.3 is 5.69 Å². The summed E-state index contributed by atoms with van der Waals surface area (Å²) in [4.78, 5) is 27.0. The van der Waals surface area contributed by atoms with Crippen LogP contribution in [-0.2, 0) is 6.42 Å². The van der Waals surface area contributed by atoms with E-state index < -0.39 is 5.69 Å². The Kier molecular flexibility index (Phi) is 3.01. The fourth-order valence-electron chi connectivity index (χ4n) is 1.99. The van der Waals surface area contributed by atoms with Crippen molar-refractivity contribution in [2.45, 2.75) is 19.3 Å². The monoisotopic (exact) mass is 209 g/mol. The minimum atomic E-state index is -0.436. The Labute approximate surface area is 86.9 Å². The van der Waals surface area contributed by atoms with Gasteiger partial charge in [0.2, 0.25) is 0 Å². The summed E-state index contributed by atoms with van der Waals surface area (Å²) in [5.41, 5.74) is -0.00663. The quantitative estimate of drug-likeness (QED) is 0.620. The van der Waals surface area contributed by atoms with E-state index in [1.54, 1.807) is 0 Å². The first-order valence-electron chi connectivity index (χ1n) is 5.27. The van der Waals surface area contributed by atoms with Crippen LogP contribution in [0.4, 0.5) is 0 Å². The maximum absolute atomic E-state index is 11.4. The van der Waals surface area contributed by atoms with Gasteiger partial charge in [-0.3, -0.25) is 9.78 Å². The number of H-pyrrole nitrogens is 2. The highest BCUT2D eigenvalue weighted by Gasteiger charge is 2.14. The molecule has 5 nitrogen and oxygen atoms in total. The topological polar surface area (TPSA) is 77.8 Å². The zero-order chi connectivity index (χ0) is 10.7. The fourth-order valence-corrected chi connectivity index (χ4v) is 1.99. The molecular formula is C10H15N3O2. The minimum Gasteiger partial charge on any atom is -0.317 e. The summed E-state index contributed by atoms with van der Waals surface area (Å²) in [5.74, 6) is 0.554. The average molecular weight is 209 g/mol. The number of hydrogen-bond donors (Lipinski definition) is 3. The fraction of sp³-hybridized carbons (Fsp3) is 0.600. The van der Waals surface area contributed by atoms with Crippen molar-refractivity contribution in [1.82, 2.24) is 15.3 Å². The zero-order valence-electron chi connectivity index (χ0n) is 8.51. The molecule has 0 aliphatic carbocycles. The van der Waals surface area contributed by atoms with Gasteiger partial charge in [-0.2, -0.15) is 0 Å². The molecule has 3 N–H and O–H groups in total. The van der Waals surface area contributed by atoms with Gasteiger partial charge in [-0.1, -0.05) is 0 Å². The van der Waals surface area contributed by atoms with E-state index in [9.17, 15) is 9.59 Å². The Balaban J connectivity index is 2.09. The summed E-state index contributed by atoms with van der Waals surface area (Å²) in [6, 6.07) is 0. The summed E-state index contributed by atoms with van der Waals surface area (Å²) in [7, 11) is 0. The zero-order valence-corrected chi connectivity index (χ0v) is 8.51. The average Bonchev–Trinajstić information content (AvgIpc) is 2.24. The van der Waals surface area contributed by atoms with Crippen LogP contribution < -0.4 is 16.6 Å². The van der Waals surface area contributed by atoms with Crippen LogP contribution in [0.1, 0.15) is 18.4 Å².